The minimum atomic E-state index is -2.62. The number of hydrogen-bond acceptors (Lipinski definition) is 4. The molecule has 0 bridgehead atoms. The van der Waals surface area contributed by atoms with Gasteiger partial charge in [-0.15, -0.1) is 0 Å². The second-order valence-electron chi connectivity index (χ2n) is 5.95. The van der Waals surface area contributed by atoms with E-state index in [-0.39, 0.29) is 0 Å². The molecular weight excluding hydrogens is 383 g/mol. The van der Waals surface area contributed by atoms with Crippen molar-refractivity contribution in [2.24, 2.45) is 0 Å². The molecule has 0 radical (unpaired) electrons. The number of thiophene rings is 3. The topological polar surface area (TPSA) is 9.23 Å². The van der Waals surface area contributed by atoms with Crippen LogP contribution in [0.4, 0.5) is 0 Å². The first-order chi connectivity index (χ1) is 11.1. The fourth-order valence-electron chi connectivity index (χ4n) is 3.00. The van der Waals surface area contributed by atoms with Crippen molar-refractivity contribution in [1.82, 2.24) is 0 Å². The minimum absolute atomic E-state index is 0.654. The second-order valence-corrected chi connectivity index (χ2v) is 16.8. The van der Waals surface area contributed by atoms with Crippen molar-refractivity contribution in [3.8, 4) is 0 Å². The summed E-state index contributed by atoms with van der Waals surface area (Å²) in [4.78, 5) is 4.09. The molecule has 3 aromatic rings. The van der Waals surface area contributed by atoms with E-state index in [1.807, 2.05) is 0 Å². The summed E-state index contributed by atoms with van der Waals surface area (Å²) < 4.78 is 5.70. The van der Waals surface area contributed by atoms with Crippen molar-refractivity contribution >= 4 is 51.2 Å². The van der Waals surface area contributed by atoms with Gasteiger partial charge in [0.15, 0.2) is 0 Å². The molecule has 0 aliphatic rings. The van der Waals surface area contributed by atoms with E-state index < -0.39 is 5.96 Å². The van der Waals surface area contributed by atoms with E-state index in [1.165, 1.54) is 14.6 Å². The molecule has 23 heavy (non-hydrogen) atoms. The van der Waals surface area contributed by atoms with E-state index in [2.05, 4.69) is 52.5 Å². The molecule has 0 aliphatic carbocycles. The number of ether oxygens (including phenoxy) is 1. The SMILES string of the molecule is COCP(Cl)(Cc1cccs1)(Cc1cccs1)Cc1cccs1. The molecule has 6 heteroatoms. The van der Waals surface area contributed by atoms with Gasteiger partial charge in [-0.25, -0.2) is 0 Å². The fraction of sp³-hybridized carbons (Fsp3) is 0.294. The summed E-state index contributed by atoms with van der Waals surface area (Å²) in [5.41, 5.74) is 0. The molecule has 0 N–H and O–H groups in total. The van der Waals surface area contributed by atoms with E-state index in [1.54, 1.807) is 41.1 Å². The summed E-state index contributed by atoms with van der Waals surface area (Å²) in [7, 11) is 1.78. The Morgan fingerprint density at radius 1 is 0.826 bits per heavy atom. The molecule has 0 unspecified atom stereocenters. The Bertz CT molecular complexity index is 616. The third kappa shape index (κ3) is 4.45. The van der Waals surface area contributed by atoms with Crippen molar-refractivity contribution in [2.75, 3.05) is 13.5 Å². The molecule has 3 heterocycles. The van der Waals surface area contributed by atoms with E-state index >= 15 is 0 Å². The van der Waals surface area contributed by atoms with Crippen LogP contribution in [0, 0.1) is 0 Å². The summed E-state index contributed by atoms with van der Waals surface area (Å²) in [6.45, 7) is 0. The van der Waals surface area contributed by atoms with Crippen molar-refractivity contribution in [3.05, 3.63) is 67.2 Å². The zero-order valence-electron chi connectivity index (χ0n) is 13.0. The van der Waals surface area contributed by atoms with Gasteiger partial charge in [-0.1, -0.05) is 0 Å². The Hall–Kier alpha value is -0.220. The van der Waals surface area contributed by atoms with Gasteiger partial charge in [0.25, 0.3) is 0 Å². The zero-order valence-corrected chi connectivity index (χ0v) is 17.1. The number of methoxy groups -OCH3 is 1. The van der Waals surface area contributed by atoms with Gasteiger partial charge in [0.1, 0.15) is 0 Å². The van der Waals surface area contributed by atoms with Crippen LogP contribution in [0.3, 0.4) is 0 Å². The van der Waals surface area contributed by atoms with E-state index in [0.717, 1.165) is 18.5 Å². The Labute approximate surface area is 154 Å². The first kappa shape index (κ1) is 17.6. The van der Waals surface area contributed by atoms with E-state index in [9.17, 15) is 0 Å². The average molecular weight is 403 g/mol. The first-order valence-corrected chi connectivity index (χ1v) is 13.9. The van der Waals surface area contributed by atoms with Crippen LogP contribution >= 0.6 is 51.2 Å². The standard InChI is InChI=1S/C17H20ClOPS3/c1-19-14-20(18,11-15-5-2-8-21-15,12-16-6-3-9-22-16)13-17-7-4-10-23-17/h2-10H,11-14H2,1H3. The Morgan fingerprint density at radius 2 is 1.22 bits per heavy atom. The molecule has 124 valence electrons. The van der Waals surface area contributed by atoms with Gasteiger partial charge in [0.2, 0.25) is 0 Å². The molecule has 0 saturated carbocycles. The summed E-state index contributed by atoms with van der Waals surface area (Å²) in [6.07, 6.45) is 3.47. The molecular formula is C17H20ClOPS3. The van der Waals surface area contributed by atoms with Crippen LogP contribution < -0.4 is 0 Å². The first-order valence-electron chi connectivity index (χ1n) is 7.38. The third-order valence-electron chi connectivity index (χ3n) is 3.85. The fourth-order valence-corrected chi connectivity index (χ4v) is 14.4. The molecule has 0 atom stereocenters. The zero-order chi connectivity index (χ0) is 16.2. The van der Waals surface area contributed by atoms with Gasteiger partial charge in [0, 0.05) is 0 Å². The normalized spacial score (nSPS) is 13.7. The average Bonchev–Trinajstić information content (AvgIpc) is 3.22. The number of rotatable bonds is 8. The van der Waals surface area contributed by atoms with Crippen LogP contribution in [-0.2, 0) is 23.2 Å². The van der Waals surface area contributed by atoms with Crippen LogP contribution in [-0.4, -0.2) is 13.5 Å². The van der Waals surface area contributed by atoms with Gasteiger partial charge >= 0.3 is 155 Å². The summed E-state index contributed by atoms with van der Waals surface area (Å²) in [5.74, 6) is -2.62. The van der Waals surface area contributed by atoms with E-state index in [0.29, 0.717) is 6.35 Å². The van der Waals surface area contributed by atoms with Gasteiger partial charge in [-0.05, 0) is 0 Å². The van der Waals surface area contributed by atoms with Crippen LogP contribution in [0.25, 0.3) is 0 Å². The Morgan fingerprint density at radius 3 is 1.48 bits per heavy atom. The number of halogens is 1. The van der Waals surface area contributed by atoms with Crippen LogP contribution in [0.2, 0.25) is 0 Å². The maximum absolute atomic E-state index is 7.60. The molecule has 3 rings (SSSR count). The monoisotopic (exact) mass is 402 g/mol. The number of hydrogen-bond donors (Lipinski definition) is 0. The predicted octanol–water partition coefficient (Wildman–Crippen LogP) is 7.08. The predicted molar refractivity (Wildman–Crippen MR) is 109 cm³/mol. The van der Waals surface area contributed by atoms with Crippen molar-refractivity contribution in [3.63, 3.8) is 0 Å². The molecule has 0 fully saturated rings. The summed E-state index contributed by atoms with van der Waals surface area (Å²) in [6, 6.07) is 12.9. The Balaban J connectivity index is 1.99. The maximum atomic E-state index is 7.60. The molecule has 0 aromatic carbocycles. The Kier molecular flexibility index (Phi) is 5.62. The summed E-state index contributed by atoms with van der Waals surface area (Å²) >= 11 is 13.0. The van der Waals surface area contributed by atoms with Crippen LogP contribution in [0.15, 0.2) is 52.5 Å². The van der Waals surface area contributed by atoms with Crippen LogP contribution in [0.1, 0.15) is 14.6 Å². The summed E-state index contributed by atoms with van der Waals surface area (Å²) in [5, 5.41) is 6.41. The van der Waals surface area contributed by atoms with Gasteiger partial charge < -0.3 is 0 Å². The quantitative estimate of drug-likeness (QED) is 0.365. The van der Waals surface area contributed by atoms with E-state index in [4.69, 9.17) is 16.0 Å². The molecule has 0 aliphatic heterocycles. The van der Waals surface area contributed by atoms with Gasteiger partial charge in [-0.3, -0.25) is 0 Å². The van der Waals surface area contributed by atoms with Crippen molar-refractivity contribution in [2.45, 2.75) is 18.5 Å². The van der Waals surface area contributed by atoms with Crippen molar-refractivity contribution < 1.29 is 4.74 Å². The molecule has 0 spiro atoms. The van der Waals surface area contributed by atoms with Crippen LogP contribution in [0.5, 0.6) is 0 Å². The molecule has 0 amide bonds. The molecule has 3 aromatic heterocycles. The third-order valence-corrected chi connectivity index (χ3v) is 12.8. The second kappa shape index (κ2) is 7.35. The molecule has 0 saturated heterocycles. The van der Waals surface area contributed by atoms with Gasteiger partial charge in [-0.2, -0.15) is 0 Å². The molecule has 1 nitrogen and oxygen atoms in total. The van der Waals surface area contributed by atoms with Gasteiger partial charge in [0.05, 0.1) is 0 Å². The van der Waals surface area contributed by atoms with Crippen molar-refractivity contribution in [1.29, 1.82) is 0 Å².